The van der Waals surface area contributed by atoms with Gasteiger partial charge in [0, 0.05) is 17.8 Å². The van der Waals surface area contributed by atoms with E-state index >= 15 is 0 Å². The second kappa shape index (κ2) is 2.34. The van der Waals surface area contributed by atoms with Gasteiger partial charge in [-0.25, -0.2) is 9.97 Å². The molecule has 0 amide bonds. The van der Waals surface area contributed by atoms with Crippen LogP contribution in [0.4, 0.5) is 11.6 Å². The Bertz CT molecular complexity index is 424. The van der Waals surface area contributed by atoms with Gasteiger partial charge in [-0.05, 0) is 17.5 Å². The number of nitrogen functional groups attached to an aromatic ring is 2. The minimum atomic E-state index is 0.486. The van der Waals surface area contributed by atoms with Crippen molar-refractivity contribution in [2.75, 3.05) is 11.5 Å². The highest BCUT2D eigenvalue weighted by molar-refractivity contribution is 5.91. The van der Waals surface area contributed by atoms with E-state index in [1.54, 1.807) is 18.5 Å². The number of aromatic nitrogens is 2. The van der Waals surface area contributed by atoms with Crippen LogP contribution in [-0.2, 0) is 0 Å². The summed E-state index contributed by atoms with van der Waals surface area (Å²) in [6.07, 6.45) is 3.28. The molecule has 60 valence electrons. The van der Waals surface area contributed by atoms with Crippen LogP contribution < -0.4 is 11.5 Å². The molecule has 0 aromatic carbocycles. The smallest absolute Gasteiger partial charge is 0.132 e. The number of anilines is 2. The number of hydrogen-bond donors (Lipinski definition) is 2. The lowest BCUT2D eigenvalue weighted by Crippen LogP contribution is -1.93. The predicted molar refractivity (Wildman–Crippen MR) is 48.4 cm³/mol. The maximum Gasteiger partial charge on any atom is 0.132 e. The molecular weight excluding hydrogens is 152 g/mol. The number of rotatable bonds is 0. The molecule has 0 aliphatic carbocycles. The van der Waals surface area contributed by atoms with Crippen molar-refractivity contribution in [2.24, 2.45) is 0 Å². The number of fused-ring (bicyclic) bond motifs is 1. The number of pyridine rings is 2. The molecule has 2 aromatic rings. The molecule has 0 saturated heterocycles. The molecule has 0 unspecified atom stereocenters. The SMILES string of the molecule is Nc1cc2ccnc(N)c2cn1. The Labute approximate surface area is 69.2 Å². The van der Waals surface area contributed by atoms with Gasteiger partial charge < -0.3 is 11.5 Å². The second-order valence-electron chi connectivity index (χ2n) is 2.53. The Morgan fingerprint density at radius 2 is 2.00 bits per heavy atom. The molecule has 0 aliphatic rings. The zero-order valence-electron chi connectivity index (χ0n) is 6.36. The Kier molecular flexibility index (Phi) is 1.33. The third kappa shape index (κ3) is 0.934. The minimum absolute atomic E-state index is 0.486. The van der Waals surface area contributed by atoms with Gasteiger partial charge in [0.15, 0.2) is 0 Å². The maximum absolute atomic E-state index is 5.61. The summed E-state index contributed by atoms with van der Waals surface area (Å²) in [5, 5.41) is 1.81. The summed E-state index contributed by atoms with van der Waals surface area (Å²) in [4.78, 5) is 7.86. The highest BCUT2D eigenvalue weighted by atomic mass is 14.8. The van der Waals surface area contributed by atoms with Crippen molar-refractivity contribution in [3.63, 3.8) is 0 Å². The molecule has 2 aromatic heterocycles. The summed E-state index contributed by atoms with van der Waals surface area (Å²) in [5.74, 6) is 0.980. The third-order valence-corrected chi connectivity index (χ3v) is 1.70. The van der Waals surface area contributed by atoms with Crippen LogP contribution in [0.2, 0.25) is 0 Å². The van der Waals surface area contributed by atoms with E-state index in [-0.39, 0.29) is 0 Å². The van der Waals surface area contributed by atoms with Gasteiger partial charge >= 0.3 is 0 Å². The van der Waals surface area contributed by atoms with Gasteiger partial charge in [-0.3, -0.25) is 0 Å². The highest BCUT2D eigenvalue weighted by Crippen LogP contribution is 2.18. The number of hydrogen-bond acceptors (Lipinski definition) is 4. The molecule has 0 aliphatic heterocycles. The topological polar surface area (TPSA) is 77.8 Å². The largest absolute Gasteiger partial charge is 0.384 e. The Balaban J connectivity index is 2.86. The summed E-state index contributed by atoms with van der Waals surface area (Å²) in [5.41, 5.74) is 11.1. The lowest BCUT2D eigenvalue weighted by atomic mass is 10.2. The van der Waals surface area contributed by atoms with Crippen LogP contribution in [0.25, 0.3) is 10.8 Å². The molecule has 4 nitrogen and oxygen atoms in total. The van der Waals surface area contributed by atoms with E-state index in [4.69, 9.17) is 11.5 Å². The normalized spacial score (nSPS) is 10.3. The monoisotopic (exact) mass is 160 g/mol. The molecule has 2 heterocycles. The van der Waals surface area contributed by atoms with Crippen molar-refractivity contribution in [3.8, 4) is 0 Å². The highest BCUT2D eigenvalue weighted by Gasteiger charge is 1.98. The first-order chi connectivity index (χ1) is 5.77. The van der Waals surface area contributed by atoms with Gasteiger partial charge in [-0.2, -0.15) is 0 Å². The Morgan fingerprint density at radius 1 is 1.17 bits per heavy atom. The first-order valence-corrected chi connectivity index (χ1v) is 3.53. The first kappa shape index (κ1) is 6.84. The summed E-state index contributed by atoms with van der Waals surface area (Å²) in [6, 6.07) is 3.62. The zero-order valence-corrected chi connectivity index (χ0v) is 6.36. The predicted octanol–water partition coefficient (Wildman–Crippen LogP) is 0.794. The van der Waals surface area contributed by atoms with Crippen molar-refractivity contribution in [2.45, 2.75) is 0 Å². The Hall–Kier alpha value is -1.84. The molecule has 4 heteroatoms. The summed E-state index contributed by atoms with van der Waals surface area (Å²) >= 11 is 0. The fourth-order valence-corrected chi connectivity index (χ4v) is 1.11. The molecule has 0 spiro atoms. The molecule has 12 heavy (non-hydrogen) atoms. The maximum atomic E-state index is 5.61. The van der Waals surface area contributed by atoms with Crippen molar-refractivity contribution >= 4 is 22.4 Å². The van der Waals surface area contributed by atoms with Gasteiger partial charge in [-0.1, -0.05) is 0 Å². The second-order valence-corrected chi connectivity index (χ2v) is 2.53. The fraction of sp³-hybridized carbons (Fsp3) is 0. The summed E-state index contributed by atoms with van der Waals surface area (Å²) in [7, 11) is 0. The standard InChI is InChI=1S/C8H8N4/c9-7-3-5-1-2-11-8(10)6(5)4-12-7/h1-4H,(H2,9,12)(H2,10,11). The number of nitrogens with zero attached hydrogens (tertiary/aromatic N) is 2. The van der Waals surface area contributed by atoms with Crippen LogP contribution in [0.1, 0.15) is 0 Å². The van der Waals surface area contributed by atoms with E-state index in [1.807, 2.05) is 6.07 Å². The molecule has 0 radical (unpaired) electrons. The van der Waals surface area contributed by atoms with Crippen molar-refractivity contribution in [3.05, 3.63) is 24.5 Å². The van der Waals surface area contributed by atoms with Crippen LogP contribution in [0.5, 0.6) is 0 Å². The van der Waals surface area contributed by atoms with Crippen molar-refractivity contribution < 1.29 is 0 Å². The lowest BCUT2D eigenvalue weighted by molar-refractivity contribution is 1.33. The van der Waals surface area contributed by atoms with Gasteiger partial charge in [0.1, 0.15) is 11.6 Å². The van der Waals surface area contributed by atoms with E-state index in [9.17, 15) is 0 Å². The van der Waals surface area contributed by atoms with E-state index in [2.05, 4.69) is 9.97 Å². The van der Waals surface area contributed by atoms with Crippen LogP contribution in [0.3, 0.4) is 0 Å². The summed E-state index contributed by atoms with van der Waals surface area (Å²) < 4.78 is 0. The van der Waals surface area contributed by atoms with Gasteiger partial charge in [0.25, 0.3) is 0 Å². The van der Waals surface area contributed by atoms with Gasteiger partial charge in [0.05, 0.1) is 0 Å². The molecule has 0 atom stereocenters. The van der Waals surface area contributed by atoms with E-state index in [0.29, 0.717) is 11.6 Å². The molecule has 0 fully saturated rings. The van der Waals surface area contributed by atoms with Gasteiger partial charge in [-0.15, -0.1) is 0 Å². The van der Waals surface area contributed by atoms with Crippen LogP contribution >= 0.6 is 0 Å². The first-order valence-electron chi connectivity index (χ1n) is 3.53. The molecule has 0 saturated carbocycles. The molecule has 0 bridgehead atoms. The van der Waals surface area contributed by atoms with E-state index < -0.39 is 0 Å². The average Bonchev–Trinajstić information content (AvgIpc) is 2.04. The van der Waals surface area contributed by atoms with Gasteiger partial charge in [0.2, 0.25) is 0 Å². The summed E-state index contributed by atoms with van der Waals surface area (Å²) in [6.45, 7) is 0. The van der Waals surface area contributed by atoms with E-state index in [0.717, 1.165) is 10.8 Å². The van der Waals surface area contributed by atoms with Crippen LogP contribution in [0.15, 0.2) is 24.5 Å². The van der Waals surface area contributed by atoms with Crippen molar-refractivity contribution in [1.29, 1.82) is 0 Å². The quantitative estimate of drug-likeness (QED) is 0.597. The Morgan fingerprint density at radius 3 is 2.83 bits per heavy atom. The zero-order chi connectivity index (χ0) is 8.55. The minimum Gasteiger partial charge on any atom is -0.384 e. The molecule has 2 rings (SSSR count). The third-order valence-electron chi connectivity index (χ3n) is 1.70. The lowest BCUT2D eigenvalue weighted by Gasteiger charge is -1.99. The van der Waals surface area contributed by atoms with Crippen LogP contribution in [0, 0.1) is 0 Å². The fourth-order valence-electron chi connectivity index (χ4n) is 1.11. The molecular formula is C8H8N4. The van der Waals surface area contributed by atoms with Crippen molar-refractivity contribution in [1.82, 2.24) is 9.97 Å². The average molecular weight is 160 g/mol. The van der Waals surface area contributed by atoms with Crippen LogP contribution in [-0.4, -0.2) is 9.97 Å². The number of nitrogens with two attached hydrogens (primary N) is 2. The molecule has 4 N–H and O–H groups in total. The van der Waals surface area contributed by atoms with E-state index in [1.165, 1.54) is 0 Å².